The minimum atomic E-state index is -0.384. The van der Waals surface area contributed by atoms with Gasteiger partial charge in [0.2, 0.25) is 0 Å². The van der Waals surface area contributed by atoms with Crippen molar-refractivity contribution in [1.82, 2.24) is 5.32 Å². The van der Waals surface area contributed by atoms with Crippen LogP contribution in [0.4, 0.5) is 4.39 Å². The minimum absolute atomic E-state index is 0.281. The Morgan fingerprint density at radius 3 is 2.88 bits per heavy atom. The highest BCUT2D eigenvalue weighted by molar-refractivity contribution is 5.33. The van der Waals surface area contributed by atoms with Gasteiger partial charge in [0.05, 0.1) is 17.7 Å². The maximum absolute atomic E-state index is 13.1. The maximum Gasteiger partial charge on any atom is 0.124 e. The van der Waals surface area contributed by atoms with E-state index in [1.807, 2.05) is 6.07 Å². The molecule has 3 nitrogen and oxygen atoms in total. The zero-order valence-corrected chi connectivity index (χ0v) is 9.91. The summed E-state index contributed by atoms with van der Waals surface area (Å²) >= 11 is 0. The second-order valence-electron chi connectivity index (χ2n) is 4.13. The third-order valence-corrected chi connectivity index (χ3v) is 2.39. The average molecular weight is 236 g/mol. The molecule has 1 rings (SSSR count). The Kier molecular flexibility index (Phi) is 5.61. The van der Waals surface area contributed by atoms with Gasteiger partial charge in [-0.2, -0.15) is 5.26 Å². The van der Waals surface area contributed by atoms with Crippen molar-refractivity contribution in [3.05, 3.63) is 35.1 Å². The molecule has 0 amide bonds. The number of aliphatic hydroxyl groups excluding tert-OH is 1. The molecule has 0 bridgehead atoms. The van der Waals surface area contributed by atoms with E-state index < -0.39 is 0 Å². The van der Waals surface area contributed by atoms with Gasteiger partial charge >= 0.3 is 0 Å². The van der Waals surface area contributed by atoms with Crippen molar-refractivity contribution >= 4 is 0 Å². The summed E-state index contributed by atoms with van der Waals surface area (Å²) in [6.45, 7) is 3.06. The summed E-state index contributed by atoms with van der Waals surface area (Å²) in [6, 6.07) is 6.23. The number of nitrogens with one attached hydrogen (secondary N) is 1. The van der Waals surface area contributed by atoms with Crippen LogP contribution < -0.4 is 5.32 Å². The number of hydrogen-bond acceptors (Lipinski definition) is 3. The average Bonchev–Trinajstić information content (AvgIpc) is 2.27. The lowest BCUT2D eigenvalue weighted by Crippen LogP contribution is -2.16. The van der Waals surface area contributed by atoms with E-state index in [1.165, 1.54) is 12.1 Å². The molecule has 0 spiro atoms. The lowest BCUT2D eigenvalue weighted by atomic mass is 10.1. The van der Waals surface area contributed by atoms with Crippen LogP contribution in [0.1, 0.15) is 30.9 Å². The molecule has 1 atom stereocenters. The first-order valence-corrected chi connectivity index (χ1v) is 5.70. The van der Waals surface area contributed by atoms with Crippen molar-refractivity contribution in [3.8, 4) is 6.07 Å². The standard InChI is InChI=1S/C13H17FN2O/c1-10(17)3-2-4-16-9-12-5-11(8-15)6-13(14)7-12/h5-7,10,16-17H,2-4,9H2,1H3. The summed E-state index contributed by atoms with van der Waals surface area (Å²) in [5.41, 5.74) is 1.10. The summed E-state index contributed by atoms with van der Waals surface area (Å²) in [5.74, 6) is -0.384. The number of rotatable bonds is 6. The maximum atomic E-state index is 13.1. The van der Waals surface area contributed by atoms with E-state index in [-0.39, 0.29) is 11.9 Å². The first kappa shape index (κ1) is 13.6. The Morgan fingerprint density at radius 2 is 2.24 bits per heavy atom. The van der Waals surface area contributed by atoms with Crippen LogP contribution in [-0.2, 0) is 6.54 Å². The number of nitrogens with zero attached hydrogens (tertiary/aromatic N) is 1. The largest absolute Gasteiger partial charge is 0.393 e. The highest BCUT2D eigenvalue weighted by atomic mass is 19.1. The van der Waals surface area contributed by atoms with Crippen LogP contribution in [0.25, 0.3) is 0 Å². The van der Waals surface area contributed by atoms with Gasteiger partial charge in [0.1, 0.15) is 5.82 Å². The van der Waals surface area contributed by atoms with Gasteiger partial charge in [-0.3, -0.25) is 0 Å². The molecule has 0 radical (unpaired) electrons. The smallest absolute Gasteiger partial charge is 0.124 e. The van der Waals surface area contributed by atoms with Gasteiger partial charge in [-0.25, -0.2) is 4.39 Å². The summed E-state index contributed by atoms with van der Waals surface area (Å²) in [6.07, 6.45) is 1.34. The van der Waals surface area contributed by atoms with Crippen LogP contribution in [0.5, 0.6) is 0 Å². The minimum Gasteiger partial charge on any atom is -0.393 e. The van der Waals surface area contributed by atoms with Crippen LogP contribution >= 0.6 is 0 Å². The Balaban J connectivity index is 2.37. The molecule has 0 saturated heterocycles. The number of hydrogen-bond donors (Lipinski definition) is 2. The summed E-state index contributed by atoms with van der Waals surface area (Å²) in [4.78, 5) is 0. The third-order valence-electron chi connectivity index (χ3n) is 2.39. The van der Waals surface area contributed by atoms with Gasteiger partial charge in [-0.05, 0) is 50.1 Å². The topological polar surface area (TPSA) is 56.0 Å². The second kappa shape index (κ2) is 7.00. The molecular weight excluding hydrogens is 219 g/mol. The van der Waals surface area contributed by atoms with Gasteiger partial charge in [0, 0.05) is 6.54 Å². The molecule has 1 unspecified atom stereocenters. The van der Waals surface area contributed by atoms with Crippen molar-refractivity contribution in [2.75, 3.05) is 6.54 Å². The van der Waals surface area contributed by atoms with Crippen molar-refractivity contribution in [2.45, 2.75) is 32.4 Å². The predicted molar refractivity (Wildman–Crippen MR) is 63.7 cm³/mol. The van der Waals surface area contributed by atoms with Crippen molar-refractivity contribution in [2.24, 2.45) is 0 Å². The number of aliphatic hydroxyl groups is 1. The second-order valence-corrected chi connectivity index (χ2v) is 4.13. The molecule has 1 aromatic carbocycles. The summed E-state index contributed by atoms with van der Waals surface area (Å²) in [5, 5.41) is 20.9. The van der Waals surface area contributed by atoms with E-state index in [0.717, 1.165) is 24.9 Å². The van der Waals surface area contributed by atoms with E-state index in [4.69, 9.17) is 10.4 Å². The third kappa shape index (κ3) is 5.43. The Labute approximate surface area is 101 Å². The lowest BCUT2D eigenvalue weighted by Gasteiger charge is -2.06. The fourth-order valence-corrected chi connectivity index (χ4v) is 1.57. The molecule has 2 N–H and O–H groups in total. The fraction of sp³-hybridized carbons (Fsp3) is 0.462. The van der Waals surface area contributed by atoms with Crippen molar-refractivity contribution in [1.29, 1.82) is 5.26 Å². The molecule has 0 saturated carbocycles. The quantitative estimate of drug-likeness (QED) is 0.742. The van der Waals surface area contributed by atoms with Crippen LogP contribution in [0.3, 0.4) is 0 Å². The molecule has 0 aliphatic heterocycles. The summed E-state index contributed by atoms with van der Waals surface area (Å²) < 4.78 is 13.1. The molecule has 17 heavy (non-hydrogen) atoms. The molecular formula is C13H17FN2O. The molecule has 92 valence electrons. The van der Waals surface area contributed by atoms with E-state index in [0.29, 0.717) is 12.1 Å². The zero-order chi connectivity index (χ0) is 12.7. The van der Waals surface area contributed by atoms with E-state index in [2.05, 4.69) is 5.32 Å². The number of nitriles is 1. The molecule has 1 aromatic rings. The Morgan fingerprint density at radius 1 is 1.47 bits per heavy atom. The highest BCUT2D eigenvalue weighted by Gasteiger charge is 2.00. The first-order valence-electron chi connectivity index (χ1n) is 5.70. The van der Waals surface area contributed by atoms with Crippen LogP contribution in [0.15, 0.2) is 18.2 Å². The lowest BCUT2D eigenvalue weighted by molar-refractivity contribution is 0.181. The van der Waals surface area contributed by atoms with Gasteiger partial charge in [-0.1, -0.05) is 0 Å². The SMILES string of the molecule is CC(O)CCCNCc1cc(F)cc(C#N)c1. The monoisotopic (exact) mass is 236 g/mol. The van der Waals surface area contributed by atoms with E-state index in [1.54, 1.807) is 13.0 Å². The zero-order valence-electron chi connectivity index (χ0n) is 9.91. The Bertz CT molecular complexity index is 399. The molecule has 0 aliphatic rings. The Hall–Kier alpha value is -1.44. The van der Waals surface area contributed by atoms with Gasteiger partial charge < -0.3 is 10.4 Å². The highest BCUT2D eigenvalue weighted by Crippen LogP contribution is 2.08. The first-order chi connectivity index (χ1) is 8.11. The van der Waals surface area contributed by atoms with E-state index in [9.17, 15) is 4.39 Å². The van der Waals surface area contributed by atoms with Crippen LogP contribution in [0, 0.1) is 17.1 Å². The molecule has 0 aliphatic carbocycles. The van der Waals surface area contributed by atoms with Crippen molar-refractivity contribution in [3.63, 3.8) is 0 Å². The predicted octanol–water partition coefficient (Wildman–Crippen LogP) is 1.95. The fourth-order valence-electron chi connectivity index (χ4n) is 1.57. The molecule has 0 fully saturated rings. The molecule has 4 heteroatoms. The molecule has 0 heterocycles. The van der Waals surface area contributed by atoms with Gasteiger partial charge in [0.25, 0.3) is 0 Å². The van der Waals surface area contributed by atoms with E-state index >= 15 is 0 Å². The van der Waals surface area contributed by atoms with Crippen molar-refractivity contribution < 1.29 is 9.50 Å². The normalized spacial score (nSPS) is 12.1. The number of benzene rings is 1. The summed E-state index contributed by atoms with van der Waals surface area (Å²) in [7, 11) is 0. The number of halogens is 1. The van der Waals surface area contributed by atoms with Crippen LogP contribution in [-0.4, -0.2) is 17.8 Å². The van der Waals surface area contributed by atoms with Crippen LogP contribution in [0.2, 0.25) is 0 Å². The molecule has 0 aromatic heterocycles. The van der Waals surface area contributed by atoms with Gasteiger partial charge in [-0.15, -0.1) is 0 Å². The van der Waals surface area contributed by atoms with Gasteiger partial charge in [0.15, 0.2) is 0 Å².